The van der Waals surface area contributed by atoms with Crippen LogP contribution in [-0.2, 0) is 16.0 Å². The predicted octanol–water partition coefficient (Wildman–Crippen LogP) is 4.03. The zero-order chi connectivity index (χ0) is 18.1. The van der Waals surface area contributed by atoms with Crippen LogP contribution in [0.1, 0.15) is 35.4 Å². The maximum absolute atomic E-state index is 12.3. The molecule has 0 spiro atoms. The quantitative estimate of drug-likeness (QED) is 0.784. The van der Waals surface area contributed by atoms with Gasteiger partial charge in [0.05, 0.1) is 14.2 Å². The zero-order valence-electron chi connectivity index (χ0n) is 15.1. The van der Waals surface area contributed by atoms with E-state index in [9.17, 15) is 4.79 Å². The van der Waals surface area contributed by atoms with Crippen molar-refractivity contribution in [2.45, 2.75) is 25.2 Å². The van der Waals surface area contributed by atoms with Crippen molar-refractivity contribution in [3.05, 3.63) is 70.3 Å². The van der Waals surface area contributed by atoms with Crippen molar-refractivity contribution >= 4 is 5.97 Å². The molecule has 1 heterocycles. The van der Waals surface area contributed by atoms with Gasteiger partial charge in [0.25, 0.3) is 0 Å². The largest absolute Gasteiger partial charge is 0.493 e. The molecule has 2 aliphatic rings. The van der Waals surface area contributed by atoms with Crippen molar-refractivity contribution in [2.75, 3.05) is 20.8 Å². The Morgan fingerprint density at radius 1 is 1.00 bits per heavy atom. The van der Waals surface area contributed by atoms with Gasteiger partial charge in [-0.1, -0.05) is 30.3 Å². The summed E-state index contributed by atoms with van der Waals surface area (Å²) in [6.07, 6.45) is 2.47. The third-order valence-electron chi connectivity index (χ3n) is 5.40. The first-order chi connectivity index (χ1) is 12.7. The highest BCUT2D eigenvalue weighted by atomic mass is 16.5. The van der Waals surface area contributed by atoms with Crippen LogP contribution in [-0.4, -0.2) is 26.8 Å². The Hall–Kier alpha value is -2.75. The lowest BCUT2D eigenvalue weighted by atomic mass is 9.79. The number of methoxy groups -OCH3 is 2. The van der Waals surface area contributed by atoms with Crippen LogP contribution in [0, 0.1) is 0 Å². The molecule has 0 bridgehead atoms. The summed E-state index contributed by atoms with van der Waals surface area (Å²) in [6, 6.07) is 14.5. The maximum atomic E-state index is 12.3. The van der Waals surface area contributed by atoms with Crippen LogP contribution < -0.4 is 9.47 Å². The molecule has 0 unspecified atom stereocenters. The summed E-state index contributed by atoms with van der Waals surface area (Å²) >= 11 is 0. The van der Waals surface area contributed by atoms with Crippen molar-refractivity contribution in [1.29, 1.82) is 0 Å². The van der Waals surface area contributed by atoms with E-state index in [1.165, 1.54) is 11.1 Å². The molecule has 26 heavy (non-hydrogen) atoms. The minimum absolute atomic E-state index is 0.0851. The molecule has 0 radical (unpaired) electrons. The highest BCUT2D eigenvalue weighted by Gasteiger charge is 2.31. The summed E-state index contributed by atoms with van der Waals surface area (Å²) in [6.45, 7) is 0.439. The number of benzene rings is 2. The first-order valence-electron chi connectivity index (χ1n) is 8.89. The Bertz CT molecular complexity index is 881. The molecule has 4 heteroatoms. The fraction of sp³-hybridized carbons (Fsp3) is 0.318. The molecule has 1 atom stereocenters. The summed E-state index contributed by atoms with van der Waals surface area (Å²) in [7, 11) is 3.27. The van der Waals surface area contributed by atoms with E-state index >= 15 is 0 Å². The van der Waals surface area contributed by atoms with Gasteiger partial charge in [0.15, 0.2) is 11.5 Å². The number of rotatable bonds is 3. The van der Waals surface area contributed by atoms with E-state index in [2.05, 4.69) is 30.3 Å². The van der Waals surface area contributed by atoms with Crippen molar-refractivity contribution in [3.63, 3.8) is 0 Å². The Balaban J connectivity index is 1.83. The van der Waals surface area contributed by atoms with Crippen LogP contribution >= 0.6 is 0 Å². The third kappa shape index (κ3) is 2.85. The molecule has 0 aromatic heterocycles. The second-order valence-electron chi connectivity index (χ2n) is 6.73. The summed E-state index contributed by atoms with van der Waals surface area (Å²) in [4.78, 5) is 12.3. The second kappa shape index (κ2) is 6.87. The molecular formula is C22H22O4. The average molecular weight is 350 g/mol. The van der Waals surface area contributed by atoms with Gasteiger partial charge in [0.1, 0.15) is 6.61 Å². The van der Waals surface area contributed by atoms with E-state index in [-0.39, 0.29) is 11.9 Å². The van der Waals surface area contributed by atoms with Crippen LogP contribution in [0.25, 0.3) is 0 Å². The monoisotopic (exact) mass is 350 g/mol. The van der Waals surface area contributed by atoms with E-state index in [0.717, 1.165) is 29.6 Å². The van der Waals surface area contributed by atoms with Crippen molar-refractivity contribution in [3.8, 4) is 11.5 Å². The number of fused-ring (bicyclic) bond motifs is 1. The molecule has 0 N–H and O–H groups in total. The van der Waals surface area contributed by atoms with Crippen LogP contribution in [0.5, 0.6) is 11.5 Å². The van der Waals surface area contributed by atoms with Crippen LogP contribution in [0.4, 0.5) is 0 Å². The number of aryl methyl sites for hydroxylation is 1. The lowest BCUT2D eigenvalue weighted by molar-refractivity contribution is -0.136. The minimum Gasteiger partial charge on any atom is -0.493 e. The number of hydrogen-bond donors (Lipinski definition) is 0. The van der Waals surface area contributed by atoms with Crippen molar-refractivity contribution in [1.82, 2.24) is 0 Å². The molecule has 2 aromatic carbocycles. The van der Waals surface area contributed by atoms with Gasteiger partial charge < -0.3 is 14.2 Å². The highest BCUT2D eigenvalue weighted by molar-refractivity contribution is 5.92. The van der Waals surface area contributed by atoms with Crippen LogP contribution in [0.3, 0.4) is 0 Å². The van der Waals surface area contributed by atoms with E-state index in [0.29, 0.717) is 24.5 Å². The number of esters is 1. The lowest BCUT2D eigenvalue weighted by Crippen LogP contribution is -2.12. The number of hydrogen-bond acceptors (Lipinski definition) is 4. The molecule has 134 valence electrons. The third-order valence-corrected chi connectivity index (χ3v) is 5.40. The SMILES string of the molecule is COc1ccc([C@@H]2CC3=C(CCc4ccccc42)COC3=O)cc1OC. The van der Waals surface area contributed by atoms with Crippen LogP contribution in [0.15, 0.2) is 53.6 Å². The van der Waals surface area contributed by atoms with Gasteiger partial charge in [-0.15, -0.1) is 0 Å². The van der Waals surface area contributed by atoms with E-state index in [1.807, 2.05) is 12.1 Å². The van der Waals surface area contributed by atoms with Gasteiger partial charge in [-0.05, 0) is 53.7 Å². The molecule has 1 aliphatic carbocycles. The fourth-order valence-electron chi connectivity index (χ4n) is 3.99. The standard InChI is InChI=1S/C22H22O4/c1-24-20-10-9-15(11-21(20)25-2)18-12-19-16(13-26-22(19)23)8-7-14-5-3-4-6-17(14)18/h3-6,9-11,18H,7-8,12-13H2,1-2H3/t18-/m0/s1. The predicted molar refractivity (Wildman–Crippen MR) is 98.8 cm³/mol. The zero-order valence-corrected chi connectivity index (χ0v) is 15.1. The summed E-state index contributed by atoms with van der Waals surface area (Å²) in [5.74, 6) is 1.33. The minimum atomic E-state index is -0.162. The highest BCUT2D eigenvalue weighted by Crippen LogP contribution is 2.41. The smallest absolute Gasteiger partial charge is 0.334 e. The second-order valence-corrected chi connectivity index (χ2v) is 6.73. The maximum Gasteiger partial charge on any atom is 0.334 e. The summed E-state index contributed by atoms with van der Waals surface area (Å²) in [5, 5.41) is 0. The Morgan fingerprint density at radius 2 is 1.81 bits per heavy atom. The Kier molecular flexibility index (Phi) is 4.41. The van der Waals surface area contributed by atoms with Gasteiger partial charge >= 0.3 is 5.97 Å². The molecule has 1 aliphatic heterocycles. The number of ether oxygens (including phenoxy) is 3. The molecule has 4 nitrogen and oxygen atoms in total. The molecular weight excluding hydrogens is 328 g/mol. The molecule has 4 rings (SSSR count). The molecule has 0 fully saturated rings. The molecule has 2 aromatic rings. The first-order valence-corrected chi connectivity index (χ1v) is 8.89. The fourth-order valence-corrected chi connectivity index (χ4v) is 3.99. The molecule has 0 saturated heterocycles. The Morgan fingerprint density at radius 3 is 2.62 bits per heavy atom. The number of cyclic esters (lactones) is 1. The summed E-state index contributed by atoms with van der Waals surface area (Å²) in [5.41, 5.74) is 5.71. The van der Waals surface area contributed by atoms with E-state index in [4.69, 9.17) is 14.2 Å². The van der Waals surface area contributed by atoms with Gasteiger partial charge in [0, 0.05) is 11.5 Å². The van der Waals surface area contributed by atoms with E-state index in [1.54, 1.807) is 14.2 Å². The summed E-state index contributed by atoms with van der Waals surface area (Å²) < 4.78 is 16.2. The lowest BCUT2D eigenvalue weighted by Gasteiger charge is -2.24. The topological polar surface area (TPSA) is 44.8 Å². The van der Waals surface area contributed by atoms with E-state index < -0.39 is 0 Å². The number of carbonyl (C=O) groups excluding carboxylic acids is 1. The molecule has 0 amide bonds. The van der Waals surface area contributed by atoms with Crippen molar-refractivity contribution < 1.29 is 19.0 Å². The van der Waals surface area contributed by atoms with Crippen LogP contribution in [0.2, 0.25) is 0 Å². The molecule has 0 saturated carbocycles. The van der Waals surface area contributed by atoms with Gasteiger partial charge in [0.2, 0.25) is 0 Å². The number of carbonyl (C=O) groups is 1. The normalized spacial score (nSPS) is 19.2. The van der Waals surface area contributed by atoms with Crippen molar-refractivity contribution in [2.24, 2.45) is 0 Å². The Labute approximate surface area is 153 Å². The van der Waals surface area contributed by atoms with Gasteiger partial charge in [-0.25, -0.2) is 4.79 Å². The first kappa shape index (κ1) is 16.7. The van der Waals surface area contributed by atoms with Gasteiger partial charge in [-0.3, -0.25) is 0 Å². The van der Waals surface area contributed by atoms with Gasteiger partial charge in [-0.2, -0.15) is 0 Å². The average Bonchev–Trinajstić information content (AvgIpc) is 3.01.